The van der Waals surface area contributed by atoms with E-state index in [2.05, 4.69) is 25.9 Å². The van der Waals surface area contributed by atoms with E-state index in [4.69, 9.17) is 17.3 Å². The summed E-state index contributed by atoms with van der Waals surface area (Å²) in [6.07, 6.45) is 3.20. The Hall–Kier alpha value is -1.85. The first-order valence-corrected chi connectivity index (χ1v) is 6.95. The van der Waals surface area contributed by atoms with E-state index in [0.717, 1.165) is 4.47 Å². The van der Waals surface area contributed by atoms with Crippen LogP contribution < -0.4 is 5.73 Å². The fraction of sp³-hybridized carbons (Fsp3) is 0. The summed E-state index contributed by atoms with van der Waals surface area (Å²) in [5.74, 6) is -0.154. The number of fused-ring (bicyclic) bond motifs is 1. The van der Waals surface area contributed by atoms with Gasteiger partial charge in [-0.3, -0.25) is 4.79 Å². The first-order valence-electron chi connectivity index (χ1n) is 5.78. The van der Waals surface area contributed by atoms with Crippen LogP contribution in [0.15, 0.2) is 41.1 Å². The van der Waals surface area contributed by atoms with Crippen molar-refractivity contribution < 1.29 is 4.79 Å². The van der Waals surface area contributed by atoms with Crippen LogP contribution in [-0.4, -0.2) is 15.8 Å². The van der Waals surface area contributed by atoms with E-state index in [1.807, 2.05) is 0 Å². The number of aromatic amines is 1. The summed E-state index contributed by atoms with van der Waals surface area (Å²) < 4.78 is 0.755. The molecule has 0 unspecified atom stereocenters. The van der Waals surface area contributed by atoms with Gasteiger partial charge in [0.15, 0.2) is 5.78 Å². The van der Waals surface area contributed by atoms with Crippen LogP contribution in [0.3, 0.4) is 0 Å². The number of nitrogens with zero attached hydrogens (tertiary/aromatic N) is 1. The average Bonchev–Trinajstić information content (AvgIpc) is 2.82. The summed E-state index contributed by atoms with van der Waals surface area (Å²) in [4.78, 5) is 19.7. The first kappa shape index (κ1) is 13.1. The summed E-state index contributed by atoms with van der Waals surface area (Å²) in [7, 11) is 0. The molecule has 100 valence electrons. The molecule has 0 aliphatic rings. The molecular weight excluding hydrogens is 342 g/mol. The topological polar surface area (TPSA) is 71.8 Å². The highest BCUT2D eigenvalue weighted by molar-refractivity contribution is 9.10. The Morgan fingerprint density at radius 3 is 2.90 bits per heavy atom. The molecule has 0 spiro atoms. The maximum absolute atomic E-state index is 12.6. The van der Waals surface area contributed by atoms with Gasteiger partial charge >= 0.3 is 0 Å². The van der Waals surface area contributed by atoms with Crippen molar-refractivity contribution in [1.82, 2.24) is 9.97 Å². The zero-order chi connectivity index (χ0) is 14.3. The Kier molecular flexibility index (Phi) is 3.23. The van der Waals surface area contributed by atoms with Crippen molar-refractivity contribution in [1.29, 1.82) is 0 Å². The second kappa shape index (κ2) is 4.92. The number of ketones is 1. The Balaban J connectivity index is 2.18. The minimum Gasteiger partial charge on any atom is -0.399 e. The highest BCUT2D eigenvalue weighted by Crippen LogP contribution is 2.28. The van der Waals surface area contributed by atoms with Gasteiger partial charge in [0.25, 0.3) is 0 Å². The zero-order valence-electron chi connectivity index (χ0n) is 10.2. The number of nitrogens with two attached hydrogens (primary N) is 1. The molecule has 3 N–H and O–H groups in total. The lowest BCUT2D eigenvalue weighted by Crippen LogP contribution is -2.02. The molecule has 0 bridgehead atoms. The van der Waals surface area contributed by atoms with Crippen LogP contribution in [0.1, 0.15) is 15.9 Å². The van der Waals surface area contributed by atoms with Gasteiger partial charge in [-0.1, -0.05) is 27.5 Å². The second-order valence-electron chi connectivity index (χ2n) is 4.32. The quantitative estimate of drug-likeness (QED) is 0.545. The number of aromatic nitrogens is 2. The maximum atomic E-state index is 12.6. The first-order chi connectivity index (χ1) is 9.56. The number of rotatable bonds is 2. The molecule has 0 radical (unpaired) electrons. The Morgan fingerprint density at radius 2 is 2.15 bits per heavy atom. The van der Waals surface area contributed by atoms with Gasteiger partial charge in [-0.2, -0.15) is 0 Å². The van der Waals surface area contributed by atoms with Crippen molar-refractivity contribution in [2.24, 2.45) is 0 Å². The second-order valence-corrected chi connectivity index (χ2v) is 5.64. The average molecular weight is 351 g/mol. The molecule has 0 atom stereocenters. The molecule has 1 aromatic carbocycles. The lowest BCUT2D eigenvalue weighted by atomic mass is 10.0. The summed E-state index contributed by atoms with van der Waals surface area (Å²) >= 11 is 9.48. The van der Waals surface area contributed by atoms with E-state index in [1.165, 1.54) is 0 Å². The number of benzene rings is 1. The molecule has 2 heterocycles. The van der Waals surface area contributed by atoms with Gasteiger partial charge in [0.2, 0.25) is 0 Å². The molecule has 4 nitrogen and oxygen atoms in total. The van der Waals surface area contributed by atoms with E-state index in [0.29, 0.717) is 32.9 Å². The lowest BCUT2D eigenvalue weighted by Gasteiger charge is -2.03. The number of hydrogen-bond acceptors (Lipinski definition) is 3. The molecule has 0 aliphatic carbocycles. The third-order valence-electron chi connectivity index (χ3n) is 2.95. The molecule has 3 rings (SSSR count). The molecule has 0 amide bonds. The molecule has 0 saturated carbocycles. The van der Waals surface area contributed by atoms with Gasteiger partial charge in [-0.05, 0) is 24.3 Å². The number of nitrogens with one attached hydrogen (secondary N) is 1. The largest absolute Gasteiger partial charge is 0.399 e. The van der Waals surface area contributed by atoms with Crippen molar-refractivity contribution in [2.45, 2.75) is 0 Å². The van der Waals surface area contributed by atoms with Crippen LogP contribution in [0.25, 0.3) is 11.0 Å². The third-order valence-corrected chi connectivity index (χ3v) is 3.72. The van der Waals surface area contributed by atoms with E-state index in [-0.39, 0.29) is 5.78 Å². The Morgan fingerprint density at radius 1 is 1.35 bits per heavy atom. The smallest absolute Gasteiger partial charge is 0.195 e. The van der Waals surface area contributed by atoms with Crippen LogP contribution in [0.2, 0.25) is 5.02 Å². The number of pyridine rings is 1. The summed E-state index contributed by atoms with van der Waals surface area (Å²) in [6.45, 7) is 0. The number of halogens is 2. The highest BCUT2D eigenvalue weighted by Gasteiger charge is 2.17. The predicted octanol–water partition coefficient (Wildman–Crippen LogP) is 3.79. The van der Waals surface area contributed by atoms with Gasteiger partial charge in [0.05, 0.1) is 10.6 Å². The van der Waals surface area contributed by atoms with Gasteiger partial charge in [0.1, 0.15) is 5.65 Å². The van der Waals surface area contributed by atoms with Crippen LogP contribution in [0, 0.1) is 0 Å². The third kappa shape index (κ3) is 2.19. The molecule has 0 saturated heterocycles. The SMILES string of the molecule is Nc1cc(Br)cc(C(=O)c2c[nH]c3nccc(Cl)c23)c1. The van der Waals surface area contributed by atoms with Crippen molar-refractivity contribution in [3.63, 3.8) is 0 Å². The van der Waals surface area contributed by atoms with Gasteiger partial charge in [0, 0.05) is 33.5 Å². The van der Waals surface area contributed by atoms with Gasteiger partial charge in [-0.25, -0.2) is 4.98 Å². The van der Waals surface area contributed by atoms with Crippen molar-refractivity contribution >= 4 is 50.0 Å². The normalized spacial score (nSPS) is 10.9. The minimum absolute atomic E-state index is 0.154. The lowest BCUT2D eigenvalue weighted by molar-refractivity contribution is 0.104. The molecule has 0 aliphatic heterocycles. The molecule has 0 fully saturated rings. The van der Waals surface area contributed by atoms with Crippen LogP contribution >= 0.6 is 27.5 Å². The van der Waals surface area contributed by atoms with Crippen LogP contribution in [0.5, 0.6) is 0 Å². The minimum atomic E-state index is -0.154. The van der Waals surface area contributed by atoms with Gasteiger partial charge < -0.3 is 10.7 Å². The molecule has 6 heteroatoms. The van der Waals surface area contributed by atoms with Gasteiger partial charge in [-0.15, -0.1) is 0 Å². The van der Waals surface area contributed by atoms with Crippen LogP contribution in [-0.2, 0) is 0 Å². The fourth-order valence-electron chi connectivity index (χ4n) is 2.09. The molecular formula is C14H9BrClN3O. The van der Waals surface area contributed by atoms with E-state index >= 15 is 0 Å². The van der Waals surface area contributed by atoms with E-state index in [9.17, 15) is 4.79 Å². The maximum Gasteiger partial charge on any atom is 0.195 e. The standard InChI is InChI=1S/C14H9BrClN3O/c15-8-3-7(4-9(17)5-8)13(20)10-6-19-14-12(10)11(16)1-2-18-14/h1-6H,17H2,(H,18,19). The molecule has 3 aromatic rings. The Labute approximate surface area is 128 Å². The molecule has 20 heavy (non-hydrogen) atoms. The Bertz CT molecular complexity index is 808. The zero-order valence-corrected chi connectivity index (χ0v) is 12.5. The number of hydrogen-bond donors (Lipinski definition) is 2. The fourth-order valence-corrected chi connectivity index (χ4v) is 2.85. The van der Waals surface area contributed by atoms with E-state index in [1.54, 1.807) is 36.7 Å². The summed E-state index contributed by atoms with van der Waals surface area (Å²) in [5.41, 5.74) is 7.85. The van der Waals surface area contributed by atoms with Crippen molar-refractivity contribution in [3.05, 3.63) is 57.3 Å². The number of anilines is 1. The highest BCUT2D eigenvalue weighted by atomic mass is 79.9. The summed E-state index contributed by atoms with van der Waals surface area (Å²) in [5, 5.41) is 1.11. The predicted molar refractivity (Wildman–Crippen MR) is 83.1 cm³/mol. The van der Waals surface area contributed by atoms with Crippen molar-refractivity contribution in [2.75, 3.05) is 5.73 Å². The van der Waals surface area contributed by atoms with Crippen LogP contribution in [0.4, 0.5) is 5.69 Å². The number of carbonyl (C=O) groups is 1. The van der Waals surface area contributed by atoms with Crippen molar-refractivity contribution in [3.8, 4) is 0 Å². The monoisotopic (exact) mass is 349 g/mol. The van der Waals surface area contributed by atoms with E-state index < -0.39 is 0 Å². The number of nitrogen functional groups attached to an aromatic ring is 1. The number of H-pyrrole nitrogens is 1. The molecule has 2 aromatic heterocycles. The number of carbonyl (C=O) groups excluding carboxylic acids is 1. The summed E-state index contributed by atoms with van der Waals surface area (Å²) in [6, 6.07) is 6.75.